The number of rotatable bonds is 6. The van der Waals surface area contributed by atoms with E-state index < -0.39 is 0 Å². The number of fused-ring (bicyclic) bond motifs is 1. The second-order valence-electron chi connectivity index (χ2n) is 6.46. The number of hydrogen-bond donors (Lipinski definition) is 1. The Bertz CT molecular complexity index is 742. The Kier molecular flexibility index (Phi) is 5.77. The van der Waals surface area contributed by atoms with Gasteiger partial charge in [0.25, 0.3) is 0 Å². The second-order valence-corrected chi connectivity index (χ2v) is 6.87. The van der Waals surface area contributed by atoms with Crippen LogP contribution < -0.4 is 5.32 Å². The smallest absolute Gasteiger partial charge is 0.228 e. The van der Waals surface area contributed by atoms with Crippen molar-refractivity contribution < 1.29 is 4.79 Å². The van der Waals surface area contributed by atoms with Crippen LogP contribution in [0.4, 0.5) is 0 Å². The first-order valence-corrected chi connectivity index (χ1v) is 9.39. The van der Waals surface area contributed by atoms with Gasteiger partial charge in [0.1, 0.15) is 0 Å². The van der Waals surface area contributed by atoms with Gasteiger partial charge in [-0.05, 0) is 48.8 Å². The average molecular weight is 357 g/mol. The molecule has 4 heteroatoms. The average Bonchev–Trinajstić information content (AvgIpc) is 2.64. The van der Waals surface area contributed by atoms with Crippen molar-refractivity contribution in [3.63, 3.8) is 0 Å². The van der Waals surface area contributed by atoms with Crippen LogP contribution in [0.1, 0.15) is 48.9 Å². The Balaban J connectivity index is 1.93. The highest BCUT2D eigenvalue weighted by molar-refractivity contribution is 6.31. The number of nitrogens with zero attached hydrogens (tertiary/aromatic N) is 1. The molecular weight excluding hydrogens is 332 g/mol. The molecule has 1 N–H and O–H groups in total. The molecule has 1 heterocycles. The summed E-state index contributed by atoms with van der Waals surface area (Å²) in [5.41, 5.74) is 3.23. The van der Waals surface area contributed by atoms with Crippen LogP contribution in [0.5, 0.6) is 0 Å². The number of hydrogen-bond acceptors (Lipinski definition) is 2. The third-order valence-electron chi connectivity index (χ3n) is 5.13. The minimum atomic E-state index is -0.179. The predicted octanol–water partition coefficient (Wildman–Crippen LogP) is 4.37. The summed E-state index contributed by atoms with van der Waals surface area (Å²) in [5, 5.41) is 3.88. The maximum absolute atomic E-state index is 12.9. The van der Waals surface area contributed by atoms with Gasteiger partial charge in [-0.15, -0.1) is 0 Å². The van der Waals surface area contributed by atoms with E-state index in [1.807, 2.05) is 36.4 Å². The molecule has 2 aromatic rings. The lowest BCUT2D eigenvalue weighted by atomic mass is 9.82. The van der Waals surface area contributed by atoms with Gasteiger partial charge in [-0.1, -0.05) is 67.9 Å². The third-order valence-corrected chi connectivity index (χ3v) is 5.47. The summed E-state index contributed by atoms with van der Waals surface area (Å²) in [6, 6.07) is 15.8. The van der Waals surface area contributed by atoms with E-state index in [1.165, 1.54) is 0 Å². The molecule has 0 aliphatic carbocycles. The van der Waals surface area contributed by atoms with E-state index in [0.29, 0.717) is 5.02 Å². The molecule has 0 aromatic heterocycles. The molecule has 0 spiro atoms. The standard InChI is InChI=1S/C21H25ClN2O/c1-3-24(4-2)14-13-17-15-9-5-6-10-16(15)20(23-21(17)25)18-11-7-8-12-19(18)22/h5-12,17,20H,3-4,13-14H2,1-2H3,(H,23,25). The fourth-order valence-electron chi connectivity index (χ4n) is 3.65. The number of amides is 1. The molecule has 0 bridgehead atoms. The van der Waals surface area contributed by atoms with Crippen molar-refractivity contribution in [3.05, 3.63) is 70.2 Å². The molecular formula is C21H25ClN2O. The van der Waals surface area contributed by atoms with E-state index in [0.717, 1.165) is 42.7 Å². The van der Waals surface area contributed by atoms with E-state index >= 15 is 0 Å². The molecule has 1 aliphatic rings. The van der Waals surface area contributed by atoms with Crippen LogP contribution in [-0.2, 0) is 4.79 Å². The largest absolute Gasteiger partial charge is 0.345 e. The third kappa shape index (κ3) is 3.73. The van der Waals surface area contributed by atoms with E-state index in [1.54, 1.807) is 0 Å². The van der Waals surface area contributed by atoms with Gasteiger partial charge in [0.05, 0.1) is 12.0 Å². The van der Waals surface area contributed by atoms with Crippen molar-refractivity contribution in [2.75, 3.05) is 19.6 Å². The summed E-state index contributed by atoms with van der Waals surface area (Å²) in [6.45, 7) is 7.26. The van der Waals surface area contributed by atoms with Crippen molar-refractivity contribution in [2.45, 2.75) is 32.2 Å². The zero-order chi connectivity index (χ0) is 17.8. The number of nitrogens with one attached hydrogen (secondary N) is 1. The molecule has 0 fully saturated rings. The fourth-order valence-corrected chi connectivity index (χ4v) is 3.89. The van der Waals surface area contributed by atoms with Crippen LogP contribution in [-0.4, -0.2) is 30.4 Å². The van der Waals surface area contributed by atoms with Crippen LogP contribution in [0, 0.1) is 0 Å². The Hall–Kier alpha value is -1.84. The summed E-state index contributed by atoms with van der Waals surface area (Å²) < 4.78 is 0. The van der Waals surface area contributed by atoms with Gasteiger partial charge in [-0.2, -0.15) is 0 Å². The monoisotopic (exact) mass is 356 g/mol. The van der Waals surface area contributed by atoms with Gasteiger partial charge in [-0.25, -0.2) is 0 Å². The summed E-state index contributed by atoms with van der Waals surface area (Å²) in [6.07, 6.45) is 0.833. The summed E-state index contributed by atoms with van der Waals surface area (Å²) in [5.74, 6) is -0.00804. The first-order valence-electron chi connectivity index (χ1n) is 9.01. The molecule has 0 saturated carbocycles. The van der Waals surface area contributed by atoms with Crippen LogP contribution in [0.25, 0.3) is 0 Å². The highest BCUT2D eigenvalue weighted by atomic mass is 35.5. The molecule has 0 saturated heterocycles. The van der Waals surface area contributed by atoms with E-state index in [4.69, 9.17) is 11.6 Å². The summed E-state index contributed by atoms with van der Waals surface area (Å²) >= 11 is 6.39. The number of halogens is 1. The Labute approximate surface area is 155 Å². The number of carbonyl (C=O) groups is 1. The SMILES string of the molecule is CCN(CC)CCC1C(=O)NC(c2ccccc2Cl)c2ccccc21. The normalized spacial score (nSPS) is 19.6. The lowest BCUT2D eigenvalue weighted by Crippen LogP contribution is -2.40. The minimum Gasteiger partial charge on any atom is -0.345 e. The lowest BCUT2D eigenvalue weighted by molar-refractivity contribution is -0.124. The molecule has 2 atom stereocenters. The molecule has 3 rings (SSSR count). The van der Waals surface area contributed by atoms with Gasteiger partial charge < -0.3 is 10.2 Å². The topological polar surface area (TPSA) is 32.3 Å². The highest BCUT2D eigenvalue weighted by Crippen LogP contribution is 2.38. The van der Waals surface area contributed by atoms with Gasteiger partial charge >= 0.3 is 0 Å². The molecule has 2 unspecified atom stereocenters. The quantitative estimate of drug-likeness (QED) is 0.833. The van der Waals surface area contributed by atoms with E-state index in [-0.39, 0.29) is 17.9 Å². The van der Waals surface area contributed by atoms with Crippen molar-refractivity contribution in [3.8, 4) is 0 Å². The van der Waals surface area contributed by atoms with Gasteiger partial charge in [0.15, 0.2) is 0 Å². The van der Waals surface area contributed by atoms with Crippen molar-refractivity contribution in [1.82, 2.24) is 10.2 Å². The molecule has 0 radical (unpaired) electrons. The molecule has 25 heavy (non-hydrogen) atoms. The number of carbonyl (C=O) groups excluding carboxylic acids is 1. The molecule has 2 aromatic carbocycles. The first kappa shape index (κ1) is 18.0. The van der Waals surface area contributed by atoms with Crippen LogP contribution >= 0.6 is 11.6 Å². The molecule has 1 aliphatic heterocycles. The zero-order valence-corrected chi connectivity index (χ0v) is 15.6. The fraction of sp³-hybridized carbons (Fsp3) is 0.381. The van der Waals surface area contributed by atoms with Gasteiger partial charge in [0, 0.05) is 5.02 Å². The van der Waals surface area contributed by atoms with E-state index in [9.17, 15) is 4.79 Å². The first-order chi connectivity index (χ1) is 12.2. The predicted molar refractivity (Wildman–Crippen MR) is 103 cm³/mol. The zero-order valence-electron chi connectivity index (χ0n) is 14.8. The molecule has 132 valence electrons. The molecule has 1 amide bonds. The van der Waals surface area contributed by atoms with Crippen LogP contribution in [0.15, 0.2) is 48.5 Å². The van der Waals surface area contributed by atoms with Crippen molar-refractivity contribution in [1.29, 1.82) is 0 Å². The Morgan fingerprint density at radius 1 is 0.960 bits per heavy atom. The highest BCUT2D eigenvalue weighted by Gasteiger charge is 2.34. The number of benzene rings is 2. The summed E-state index contributed by atoms with van der Waals surface area (Å²) in [7, 11) is 0. The minimum absolute atomic E-state index is 0.0933. The second kappa shape index (κ2) is 8.03. The Morgan fingerprint density at radius 2 is 1.56 bits per heavy atom. The molecule has 3 nitrogen and oxygen atoms in total. The van der Waals surface area contributed by atoms with E-state index in [2.05, 4.69) is 36.2 Å². The van der Waals surface area contributed by atoms with Gasteiger partial charge in [-0.3, -0.25) is 4.79 Å². The summed E-state index contributed by atoms with van der Waals surface area (Å²) in [4.78, 5) is 15.2. The van der Waals surface area contributed by atoms with Crippen molar-refractivity contribution >= 4 is 17.5 Å². The maximum atomic E-state index is 12.9. The van der Waals surface area contributed by atoms with Crippen LogP contribution in [0.2, 0.25) is 5.02 Å². The van der Waals surface area contributed by atoms with Crippen molar-refractivity contribution in [2.24, 2.45) is 0 Å². The van der Waals surface area contributed by atoms with Crippen LogP contribution in [0.3, 0.4) is 0 Å². The Morgan fingerprint density at radius 3 is 2.20 bits per heavy atom. The van der Waals surface area contributed by atoms with Gasteiger partial charge in [0.2, 0.25) is 5.91 Å². The maximum Gasteiger partial charge on any atom is 0.228 e. The lowest BCUT2D eigenvalue weighted by Gasteiger charge is -2.33.